The van der Waals surface area contributed by atoms with Crippen molar-refractivity contribution in [1.29, 1.82) is 0 Å². The average Bonchev–Trinajstić information content (AvgIpc) is 2.76. The number of thiophene rings is 1. The van der Waals surface area contributed by atoms with Crippen molar-refractivity contribution in [3.63, 3.8) is 0 Å². The predicted molar refractivity (Wildman–Crippen MR) is 77.5 cm³/mol. The van der Waals surface area contributed by atoms with Crippen molar-refractivity contribution in [3.8, 4) is 0 Å². The number of halogens is 1. The van der Waals surface area contributed by atoms with Gasteiger partial charge in [0.25, 0.3) is 5.69 Å². The zero-order valence-electron chi connectivity index (χ0n) is 9.80. The van der Waals surface area contributed by atoms with Crippen LogP contribution in [0.4, 0.5) is 5.69 Å². The van der Waals surface area contributed by atoms with Gasteiger partial charge in [-0.1, -0.05) is 28.1 Å². The van der Waals surface area contributed by atoms with Crippen LogP contribution in [-0.2, 0) is 6.42 Å². The second-order valence-corrected chi connectivity index (χ2v) is 6.12. The minimum atomic E-state index is -0.376. The maximum absolute atomic E-state index is 10.6. The number of hydrogen-bond acceptors (Lipinski definition) is 3. The van der Waals surface area contributed by atoms with Crippen LogP contribution in [0, 0.1) is 17.0 Å². The van der Waals surface area contributed by atoms with Crippen LogP contribution in [0.3, 0.4) is 0 Å². The third kappa shape index (κ3) is 2.97. The normalized spacial score (nSPS) is 12.3. The first kappa shape index (κ1) is 13.2. The molecule has 0 radical (unpaired) electrons. The standard InChI is InChI=1S/C13H12BrNO2S/c1-9-6-7-18-13(9)12(14)8-10-2-4-11(5-3-10)15(16)17/h2-7,12H,8H2,1H3. The van der Waals surface area contributed by atoms with E-state index >= 15 is 0 Å². The lowest BCUT2D eigenvalue weighted by Crippen LogP contribution is -1.95. The van der Waals surface area contributed by atoms with Gasteiger partial charge in [-0.25, -0.2) is 0 Å². The Bertz CT molecular complexity index is 550. The summed E-state index contributed by atoms with van der Waals surface area (Å²) in [6.07, 6.45) is 0.833. The van der Waals surface area contributed by atoms with Crippen LogP contribution in [0.25, 0.3) is 0 Å². The monoisotopic (exact) mass is 325 g/mol. The van der Waals surface area contributed by atoms with Gasteiger partial charge in [-0.3, -0.25) is 10.1 Å². The molecule has 0 aliphatic heterocycles. The summed E-state index contributed by atoms with van der Waals surface area (Å²) in [5.74, 6) is 0. The van der Waals surface area contributed by atoms with Crippen molar-refractivity contribution in [2.45, 2.75) is 18.2 Å². The summed E-state index contributed by atoms with van der Waals surface area (Å²) in [6.45, 7) is 2.09. The maximum atomic E-state index is 10.6. The first-order chi connectivity index (χ1) is 8.58. The van der Waals surface area contributed by atoms with E-state index in [0.29, 0.717) is 0 Å². The SMILES string of the molecule is Cc1ccsc1C(Br)Cc1ccc([N+](=O)[O-])cc1. The highest BCUT2D eigenvalue weighted by atomic mass is 79.9. The lowest BCUT2D eigenvalue weighted by molar-refractivity contribution is -0.384. The summed E-state index contributed by atoms with van der Waals surface area (Å²) in [5.41, 5.74) is 2.51. The fraction of sp³-hybridized carbons (Fsp3) is 0.231. The number of alkyl halides is 1. The summed E-state index contributed by atoms with van der Waals surface area (Å²) in [6, 6.07) is 8.83. The molecular weight excluding hydrogens is 314 g/mol. The quantitative estimate of drug-likeness (QED) is 0.466. The Morgan fingerprint density at radius 3 is 2.50 bits per heavy atom. The molecule has 0 saturated carbocycles. The highest BCUT2D eigenvalue weighted by Gasteiger charge is 2.13. The molecule has 0 spiro atoms. The number of nitro benzene ring substituents is 1. The fourth-order valence-corrected chi connectivity index (χ4v) is 3.72. The molecule has 0 saturated heterocycles. The fourth-order valence-electron chi connectivity index (χ4n) is 1.76. The number of benzene rings is 1. The molecule has 0 N–H and O–H groups in total. The second-order valence-electron chi connectivity index (χ2n) is 4.06. The van der Waals surface area contributed by atoms with E-state index in [9.17, 15) is 10.1 Å². The van der Waals surface area contributed by atoms with Gasteiger partial charge in [-0.15, -0.1) is 11.3 Å². The van der Waals surface area contributed by atoms with E-state index < -0.39 is 0 Å². The Morgan fingerprint density at radius 1 is 1.33 bits per heavy atom. The molecule has 2 aromatic rings. The van der Waals surface area contributed by atoms with Crippen LogP contribution < -0.4 is 0 Å². The van der Waals surface area contributed by atoms with Crippen LogP contribution in [-0.4, -0.2) is 4.92 Å². The van der Waals surface area contributed by atoms with E-state index in [1.165, 1.54) is 10.4 Å². The van der Waals surface area contributed by atoms with Crippen molar-refractivity contribution in [3.05, 3.63) is 61.8 Å². The van der Waals surface area contributed by atoms with Gasteiger partial charge in [0.05, 0.1) is 9.75 Å². The number of rotatable bonds is 4. The minimum absolute atomic E-state index is 0.136. The van der Waals surface area contributed by atoms with Crippen LogP contribution in [0.2, 0.25) is 0 Å². The van der Waals surface area contributed by atoms with E-state index in [0.717, 1.165) is 12.0 Å². The number of nitro groups is 1. The molecule has 0 aliphatic carbocycles. The molecule has 0 amide bonds. The number of nitrogens with zero attached hydrogens (tertiary/aromatic N) is 1. The lowest BCUT2D eigenvalue weighted by Gasteiger charge is -2.09. The van der Waals surface area contributed by atoms with E-state index in [1.54, 1.807) is 23.5 Å². The molecule has 0 fully saturated rings. The number of aryl methyl sites for hydroxylation is 1. The van der Waals surface area contributed by atoms with Gasteiger partial charge in [0.2, 0.25) is 0 Å². The van der Waals surface area contributed by atoms with Gasteiger partial charge in [0, 0.05) is 17.0 Å². The van der Waals surface area contributed by atoms with Gasteiger partial charge in [-0.2, -0.15) is 0 Å². The third-order valence-electron chi connectivity index (χ3n) is 2.75. The lowest BCUT2D eigenvalue weighted by atomic mass is 10.1. The van der Waals surface area contributed by atoms with E-state index in [4.69, 9.17) is 0 Å². The molecular formula is C13H12BrNO2S. The minimum Gasteiger partial charge on any atom is -0.258 e. The van der Waals surface area contributed by atoms with Crippen LogP contribution >= 0.6 is 27.3 Å². The van der Waals surface area contributed by atoms with Crippen molar-refractivity contribution < 1.29 is 4.92 Å². The maximum Gasteiger partial charge on any atom is 0.269 e. The first-order valence-electron chi connectivity index (χ1n) is 5.49. The molecule has 18 heavy (non-hydrogen) atoms. The Labute approximate surface area is 118 Å². The molecule has 2 rings (SSSR count). The van der Waals surface area contributed by atoms with Crippen molar-refractivity contribution in [2.24, 2.45) is 0 Å². The summed E-state index contributed by atoms with van der Waals surface area (Å²) in [5, 5.41) is 12.6. The number of hydrogen-bond donors (Lipinski definition) is 0. The van der Waals surface area contributed by atoms with E-state index in [1.807, 2.05) is 12.1 Å². The van der Waals surface area contributed by atoms with Gasteiger partial charge in [-0.05, 0) is 35.9 Å². The average molecular weight is 326 g/mol. The highest BCUT2D eigenvalue weighted by Crippen LogP contribution is 2.33. The topological polar surface area (TPSA) is 43.1 Å². The summed E-state index contributed by atoms with van der Waals surface area (Å²) in [4.78, 5) is 11.8. The Kier molecular flexibility index (Phi) is 4.14. The second kappa shape index (κ2) is 5.63. The summed E-state index contributed by atoms with van der Waals surface area (Å²) < 4.78 is 0. The number of non-ortho nitro benzene ring substituents is 1. The zero-order valence-corrected chi connectivity index (χ0v) is 12.2. The molecule has 94 valence electrons. The van der Waals surface area contributed by atoms with E-state index in [2.05, 4.69) is 34.3 Å². The molecule has 0 bridgehead atoms. The van der Waals surface area contributed by atoms with Crippen molar-refractivity contribution in [2.75, 3.05) is 0 Å². The molecule has 1 aromatic carbocycles. The Morgan fingerprint density at radius 2 is 2.00 bits per heavy atom. The first-order valence-corrected chi connectivity index (χ1v) is 7.29. The smallest absolute Gasteiger partial charge is 0.258 e. The third-order valence-corrected chi connectivity index (χ3v) is 4.97. The zero-order chi connectivity index (χ0) is 13.1. The largest absolute Gasteiger partial charge is 0.269 e. The van der Waals surface area contributed by atoms with Crippen molar-refractivity contribution >= 4 is 33.0 Å². The summed E-state index contributed by atoms with van der Waals surface area (Å²) in [7, 11) is 0. The predicted octanol–water partition coefficient (Wildman–Crippen LogP) is 4.64. The highest BCUT2D eigenvalue weighted by molar-refractivity contribution is 9.09. The van der Waals surface area contributed by atoms with Gasteiger partial charge < -0.3 is 0 Å². The van der Waals surface area contributed by atoms with Gasteiger partial charge >= 0.3 is 0 Å². The molecule has 1 unspecified atom stereocenters. The van der Waals surface area contributed by atoms with Crippen LogP contribution in [0.5, 0.6) is 0 Å². The molecule has 5 heteroatoms. The summed E-state index contributed by atoms with van der Waals surface area (Å²) >= 11 is 5.41. The molecule has 1 heterocycles. The molecule has 1 aromatic heterocycles. The van der Waals surface area contributed by atoms with E-state index in [-0.39, 0.29) is 15.4 Å². The Balaban J connectivity index is 2.10. The van der Waals surface area contributed by atoms with Crippen molar-refractivity contribution in [1.82, 2.24) is 0 Å². The van der Waals surface area contributed by atoms with Crippen LogP contribution in [0.1, 0.15) is 20.8 Å². The van der Waals surface area contributed by atoms with Gasteiger partial charge in [0.1, 0.15) is 0 Å². The van der Waals surface area contributed by atoms with Gasteiger partial charge in [0.15, 0.2) is 0 Å². The molecule has 1 atom stereocenters. The molecule has 3 nitrogen and oxygen atoms in total. The Hall–Kier alpha value is -1.20. The molecule has 0 aliphatic rings. The van der Waals surface area contributed by atoms with Crippen LogP contribution in [0.15, 0.2) is 35.7 Å².